The first kappa shape index (κ1) is 22.7. The van der Waals surface area contributed by atoms with Gasteiger partial charge in [-0.1, -0.05) is 42.5 Å². The summed E-state index contributed by atoms with van der Waals surface area (Å²) in [7, 11) is 1.72. The van der Waals surface area contributed by atoms with Gasteiger partial charge in [0, 0.05) is 13.5 Å². The van der Waals surface area contributed by atoms with Crippen LogP contribution in [0, 0.1) is 5.92 Å². The van der Waals surface area contributed by atoms with Crippen molar-refractivity contribution in [2.75, 3.05) is 13.7 Å². The van der Waals surface area contributed by atoms with Gasteiger partial charge in [0.2, 0.25) is 5.91 Å². The number of amides is 1. The van der Waals surface area contributed by atoms with Crippen LogP contribution < -0.4 is 0 Å². The number of hydrogen-bond acceptors (Lipinski definition) is 5. The Morgan fingerprint density at radius 2 is 1.86 bits per heavy atom. The van der Waals surface area contributed by atoms with Gasteiger partial charge in [0.05, 0.1) is 18.4 Å². The molecule has 6 nitrogen and oxygen atoms in total. The summed E-state index contributed by atoms with van der Waals surface area (Å²) in [6, 6.07) is 9.12. The molecule has 0 radical (unpaired) electrons. The number of cyclic esters (lactones) is 1. The smallest absolute Gasteiger partial charge is 0.309 e. The fraction of sp³-hybridized carbons (Fsp3) is 0.522. The van der Waals surface area contributed by atoms with E-state index in [0.717, 1.165) is 5.56 Å². The summed E-state index contributed by atoms with van der Waals surface area (Å²) in [5.74, 6) is -1.50. The maximum Gasteiger partial charge on any atom is 0.309 e. The highest BCUT2D eigenvalue weighted by Gasteiger charge is 2.29. The lowest BCUT2D eigenvalue weighted by Gasteiger charge is -2.29. The number of rotatable bonds is 3. The maximum atomic E-state index is 12.7. The van der Waals surface area contributed by atoms with Crippen LogP contribution in [0.5, 0.6) is 0 Å². The fourth-order valence-corrected chi connectivity index (χ4v) is 3.17. The number of likely N-dealkylation sites (N-methyl/N-ethyl adjacent to an activating group) is 1. The van der Waals surface area contributed by atoms with Gasteiger partial charge in [0.1, 0.15) is 12.2 Å². The third kappa shape index (κ3) is 7.37. The van der Waals surface area contributed by atoms with E-state index in [-0.39, 0.29) is 25.0 Å². The molecular formula is C23H31NO5. The van der Waals surface area contributed by atoms with Crippen LogP contribution >= 0.6 is 0 Å². The van der Waals surface area contributed by atoms with Gasteiger partial charge in [0.25, 0.3) is 0 Å². The summed E-state index contributed by atoms with van der Waals surface area (Å²) in [6.45, 7) is 5.42. The summed E-state index contributed by atoms with van der Waals surface area (Å²) in [5, 5.41) is 0. The van der Waals surface area contributed by atoms with Crippen molar-refractivity contribution >= 4 is 17.8 Å². The molecule has 2 rings (SSSR count). The molecule has 0 aliphatic carbocycles. The van der Waals surface area contributed by atoms with E-state index in [9.17, 15) is 14.4 Å². The number of esters is 2. The van der Waals surface area contributed by atoms with Crippen LogP contribution in [0.15, 0.2) is 42.5 Å². The van der Waals surface area contributed by atoms with Crippen molar-refractivity contribution in [1.29, 1.82) is 0 Å². The number of allylic oxidation sites excluding steroid dienone is 2. The van der Waals surface area contributed by atoms with E-state index in [1.165, 1.54) is 0 Å². The van der Waals surface area contributed by atoms with Gasteiger partial charge in [-0.25, -0.2) is 0 Å². The standard InChI is InChI=1S/C23H31NO5/c1-23(2,3)29-21(26)15-18-13-9-6-10-14-20(25)24(4)19(16-28-22(18)27)17-11-7-5-8-12-17/h5-9,11-12,18-19H,10,13-16H2,1-4H3/t18-,19-/m0/s1. The quantitative estimate of drug-likeness (QED) is 0.569. The van der Waals surface area contributed by atoms with Crippen molar-refractivity contribution in [3.63, 3.8) is 0 Å². The van der Waals surface area contributed by atoms with Gasteiger partial charge in [-0.05, 0) is 39.2 Å². The summed E-state index contributed by atoms with van der Waals surface area (Å²) in [6.07, 6.45) is 5.00. The second-order valence-corrected chi connectivity index (χ2v) is 8.29. The van der Waals surface area contributed by atoms with E-state index in [4.69, 9.17) is 9.47 Å². The second kappa shape index (κ2) is 10.2. The zero-order chi connectivity index (χ0) is 21.4. The molecule has 2 atom stereocenters. The van der Waals surface area contributed by atoms with Crippen molar-refractivity contribution in [2.24, 2.45) is 5.92 Å². The monoisotopic (exact) mass is 401 g/mol. The Kier molecular flexibility index (Phi) is 8.00. The molecule has 1 amide bonds. The Morgan fingerprint density at radius 3 is 2.52 bits per heavy atom. The highest BCUT2D eigenvalue weighted by Crippen LogP contribution is 2.24. The molecule has 0 saturated heterocycles. The fourth-order valence-electron chi connectivity index (χ4n) is 3.17. The van der Waals surface area contributed by atoms with E-state index in [1.54, 1.807) is 32.7 Å². The number of carbonyl (C=O) groups is 3. The Balaban J connectivity index is 2.18. The van der Waals surface area contributed by atoms with Crippen LogP contribution in [0.25, 0.3) is 0 Å². The molecule has 0 fully saturated rings. The van der Waals surface area contributed by atoms with Crippen molar-refractivity contribution in [2.45, 2.75) is 58.1 Å². The molecule has 29 heavy (non-hydrogen) atoms. The zero-order valence-corrected chi connectivity index (χ0v) is 17.7. The van der Waals surface area contributed by atoms with E-state index < -0.39 is 23.5 Å². The molecule has 0 bridgehead atoms. The molecule has 0 spiro atoms. The normalized spacial score (nSPS) is 21.7. The minimum atomic E-state index is -0.613. The van der Waals surface area contributed by atoms with E-state index in [0.29, 0.717) is 19.3 Å². The Hall–Kier alpha value is -2.63. The number of ether oxygens (including phenoxy) is 2. The average molecular weight is 402 g/mol. The van der Waals surface area contributed by atoms with E-state index >= 15 is 0 Å². The summed E-state index contributed by atoms with van der Waals surface area (Å²) < 4.78 is 10.9. The summed E-state index contributed by atoms with van der Waals surface area (Å²) >= 11 is 0. The van der Waals surface area contributed by atoms with Gasteiger partial charge in [-0.15, -0.1) is 0 Å². The predicted molar refractivity (Wildman–Crippen MR) is 110 cm³/mol. The molecule has 1 aromatic rings. The molecule has 0 aromatic heterocycles. The number of carbonyl (C=O) groups excluding carboxylic acids is 3. The molecule has 1 aromatic carbocycles. The average Bonchev–Trinajstić information content (AvgIpc) is 2.65. The first-order valence-corrected chi connectivity index (χ1v) is 10.0. The van der Waals surface area contributed by atoms with Gasteiger partial charge in [0.15, 0.2) is 0 Å². The highest BCUT2D eigenvalue weighted by molar-refractivity contribution is 5.80. The summed E-state index contributed by atoms with van der Waals surface area (Å²) in [5.41, 5.74) is 0.288. The second-order valence-electron chi connectivity index (χ2n) is 8.29. The van der Waals surface area contributed by atoms with E-state index in [2.05, 4.69) is 0 Å². The van der Waals surface area contributed by atoms with Gasteiger partial charge in [-0.2, -0.15) is 0 Å². The Bertz CT molecular complexity index is 735. The van der Waals surface area contributed by atoms with Gasteiger partial charge < -0.3 is 14.4 Å². The first-order chi connectivity index (χ1) is 13.7. The van der Waals surface area contributed by atoms with Crippen molar-refractivity contribution in [1.82, 2.24) is 4.90 Å². The maximum absolute atomic E-state index is 12.7. The topological polar surface area (TPSA) is 72.9 Å². The zero-order valence-electron chi connectivity index (χ0n) is 17.7. The molecular weight excluding hydrogens is 370 g/mol. The minimum absolute atomic E-state index is 0.00886. The van der Waals surface area contributed by atoms with Crippen LogP contribution in [-0.2, 0) is 23.9 Å². The van der Waals surface area contributed by atoms with Crippen molar-refractivity contribution in [3.8, 4) is 0 Å². The molecule has 1 aliphatic heterocycles. The third-order valence-electron chi connectivity index (χ3n) is 4.71. The van der Waals surface area contributed by atoms with Gasteiger partial charge >= 0.3 is 11.9 Å². The Morgan fingerprint density at radius 1 is 1.17 bits per heavy atom. The molecule has 1 aliphatic rings. The Labute approximate surface area is 172 Å². The highest BCUT2D eigenvalue weighted by atomic mass is 16.6. The number of hydrogen-bond donors (Lipinski definition) is 0. The molecule has 6 heteroatoms. The largest absolute Gasteiger partial charge is 0.463 e. The van der Waals surface area contributed by atoms with Crippen molar-refractivity contribution < 1.29 is 23.9 Å². The third-order valence-corrected chi connectivity index (χ3v) is 4.71. The summed E-state index contributed by atoms with van der Waals surface area (Å²) in [4.78, 5) is 39.1. The van der Waals surface area contributed by atoms with Crippen LogP contribution in [0.2, 0.25) is 0 Å². The minimum Gasteiger partial charge on any atom is -0.463 e. The van der Waals surface area contributed by atoms with Crippen LogP contribution in [-0.4, -0.2) is 42.0 Å². The van der Waals surface area contributed by atoms with E-state index in [1.807, 2.05) is 42.5 Å². The number of nitrogens with zero attached hydrogens (tertiary/aromatic N) is 1. The van der Waals surface area contributed by atoms with Crippen LogP contribution in [0.4, 0.5) is 0 Å². The molecule has 1 heterocycles. The van der Waals surface area contributed by atoms with Gasteiger partial charge in [-0.3, -0.25) is 14.4 Å². The van der Waals surface area contributed by atoms with Crippen LogP contribution in [0.1, 0.15) is 58.1 Å². The lowest BCUT2D eigenvalue weighted by molar-refractivity contribution is -0.162. The first-order valence-electron chi connectivity index (χ1n) is 10.0. The molecule has 0 N–H and O–H groups in total. The van der Waals surface area contributed by atoms with Crippen molar-refractivity contribution in [3.05, 3.63) is 48.0 Å². The lowest BCUT2D eigenvalue weighted by Crippen LogP contribution is -2.35. The predicted octanol–water partition coefficient (Wildman–Crippen LogP) is 3.82. The molecule has 0 unspecified atom stereocenters. The number of benzene rings is 1. The van der Waals surface area contributed by atoms with Crippen LogP contribution in [0.3, 0.4) is 0 Å². The lowest BCUT2D eigenvalue weighted by atomic mass is 10.00. The SMILES string of the molecule is CN1C(=O)CCC=CC[C@@H](CC(=O)OC(C)(C)C)C(=O)OC[C@H]1c1ccccc1. The molecule has 158 valence electrons. The molecule has 0 saturated carbocycles.